The number of amides is 2. The Labute approximate surface area is 257 Å². The molecule has 0 aliphatic carbocycles. The van der Waals surface area contributed by atoms with Crippen LogP contribution in [0.1, 0.15) is 57.9 Å². The van der Waals surface area contributed by atoms with Gasteiger partial charge in [-0.15, -0.1) is 0 Å². The highest BCUT2D eigenvalue weighted by Gasteiger charge is 2.38. The lowest BCUT2D eigenvalue weighted by Crippen LogP contribution is -2.46. The van der Waals surface area contributed by atoms with Gasteiger partial charge < -0.3 is 23.9 Å². The first-order chi connectivity index (χ1) is 21.5. The van der Waals surface area contributed by atoms with Gasteiger partial charge in [0.25, 0.3) is 11.8 Å². The first kappa shape index (κ1) is 29.3. The minimum Gasteiger partial charge on any atom is -0.492 e. The van der Waals surface area contributed by atoms with Crippen molar-refractivity contribution in [2.75, 3.05) is 44.2 Å². The maximum absolute atomic E-state index is 14.2. The van der Waals surface area contributed by atoms with Gasteiger partial charge in [0, 0.05) is 57.1 Å². The van der Waals surface area contributed by atoms with Gasteiger partial charge in [-0.05, 0) is 50.3 Å². The number of carbonyl (C=O) groups is 2. The van der Waals surface area contributed by atoms with Gasteiger partial charge in [-0.3, -0.25) is 14.6 Å². The van der Waals surface area contributed by atoms with E-state index in [-0.39, 0.29) is 17.2 Å². The lowest BCUT2D eigenvalue weighted by Gasteiger charge is -2.42. The Hall–Kier alpha value is -4.73. The summed E-state index contributed by atoms with van der Waals surface area (Å²) in [6.07, 6.45) is 9.88. The number of aromatic nitrogens is 3. The zero-order valence-electron chi connectivity index (χ0n) is 25.1. The van der Waals surface area contributed by atoms with E-state index in [1.165, 1.54) is 6.39 Å². The van der Waals surface area contributed by atoms with Gasteiger partial charge in [-0.25, -0.2) is 9.97 Å². The Morgan fingerprint density at radius 1 is 0.909 bits per heavy atom. The van der Waals surface area contributed by atoms with Gasteiger partial charge >= 0.3 is 0 Å². The largest absolute Gasteiger partial charge is 0.492 e. The molecule has 228 valence electrons. The second-order valence-electron chi connectivity index (χ2n) is 11.7. The smallest absolute Gasteiger partial charge is 0.276 e. The van der Waals surface area contributed by atoms with Crippen LogP contribution in [-0.4, -0.2) is 75.9 Å². The Balaban J connectivity index is 1.28. The number of carbonyl (C=O) groups excluding carboxylic acids is 2. The van der Waals surface area contributed by atoms with Crippen molar-refractivity contribution in [1.82, 2.24) is 24.8 Å². The van der Waals surface area contributed by atoms with E-state index in [9.17, 15) is 9.59 Å². The van der Waals surface area contributed by atoms with Gasteiger partial charge in [0.15, 0.2) is 12.1 Å². The lowest BCUT2D eigenvalue weighted by molar-refractivity contribution is 0.0359. The van der Waals surface area contributed by atoms with Crippen molar-refractivity contribution in [3.05, 3.63) is 102 Å². The number of fused-ring (bicyclic) bond motifs is 1. The summed E-state index contributed by atoms with van der Waals surface area (Å²) in [5.74, 6) is 1.76. The highest BCUT2D eigenvalue weighted by molar-refractivity contribution is 5.97. The Kier molecular flexibility index (Phi) is 8.86. The Morgan fingerprint density at radius 3 is 2.45 bits per heavy atom. The molecule has 0 N–H and O–H groups in total. The van der Waals surface area contributed by atoms with Crippen molar-refractivity contribution >= 4 is 17.6 Å². The van der Waals surface area contributed by atoms with Crippen LogP contribution in [-0.2, 0) is 6.54 Å². The third-order valence-electron chi connectivity index (χ3n) is 8.86. The van der Waals surface area contributed by atoms with Crippen LogP contribution in [0, 0.1) is 12.3 Å². The van der Waals surface area contributed by atoms with Crippen molar-refractivity contribution in [2.45, 2.75) is 39.2 Å². The second kappa shape index (κ2) is 13.3. The number of aryl methyl sites for hydroxylation is 1. The van der Waals surface area contributed by atoms with Crippen LogP contribution in [0.3, 0.4) is 0 Å². The molecule has 2 aromatic heterocycles. The van der Waals surface area contributed by atoms with E-state index < -0.39 is 0 Å². The predicted molar refractivity (Wildman–Crippen MR) is 165 cm³/mol. The summed E-state index contributed by atoms with van der Waals surface area (Å²) in [4.78, 5) is 46.4. The van der Waals surface area contributed by atoms with E-state index in [0.717, 1.165) is 43.6 Å². The summed E-state index contributed by atoms with van der Waals surface area (Å²) >= 11 is 0. The highest BCUT2D eigenvalue weighted by Crippen LogP contribution is 2.38. The van der Waals surface area contributed by atoms with Gasteiger partial charge in [-0.1, -0.05) is 42.5 Å². The summed E-state index contributed by atoms with van der Waals surface area (Å²) in [6, 6.07) is 17.6. The average molecular weight is 595 g/mol. The minimum atomic E-state index is -0.155. The van der Waals surface area contributed by atoms with Crippen molar-refractivity contribution < 1.29 is 18.7 Å². The predicted octanol–water partition coefficient (Wildman–Crippen LogP) is 5.02. The average Bonchev–Trinajstić information content (AvgIpc) is 3.51. The fraction of sp³-hybridized carbons (Fsp3) is 0.382. The molecule has 1 fully saturated rings. The molecule has 4 heterocycles. The molecule has 6 rings (SSSR count). The minimum absolute atomic E-state index is 0.0692. The van der Waals surface area contributed by atoms with Crippen LogP contribution < -0.4 is 9.64 Å². The molecule has 1 spiro atoms. The number of rotatable bonds is 4. The van der Waals surface area contributed by atoms with E-state index in [1.807, 2.05) is 64.4 Å². The van der Waals surface area contributed by atoms with Gasteiger partial charge in [0.2, 0.25) is 0 Å². The quantitative estimate of drug-likeness (QED) is 0.325. The van der Waals surface area contributed by atoms with Crippen molar-refractivity contribution in [1.29, 1.82) is 0 Å². The molecule has 0 radical (unpaired) electrons. The normalized spacial score (nSPS) is 17.7. The van der Waals surface area contributed by atoms with Crippen LogP contribution >= 0.6 is 0 Å². The molecular weight excluding hydrogens is 556 g/mol. The molecule has 10 heteroatoms. The van der Waals surface area contributed by atoms with Gasteiger partial charge in [0.1, 0.15) is 17.3 Å². The third-order valence-corrected chi connectivity index (χ3v) is 8.86. The fourth-order valence-electron chi connectivity index (χ4n) is 6.22. The zero-order valence-corrected chi connectivity index (χ0v) is 25.1. The summed E-state index contributed by atoms with van der Waals surface area (Å²) in [7, 11) is 0. The molecule has 0 saturated carbocycles. The molecule has 2 aliphatic rings. The third kappa shape index (κ3) is 6.59. The Morgan fingerprint density at radius 2 is 1.70 bits per heavy atom. The first-order valence-corrected chi connectivity index (χ1v) is 15.3. The first-order valence-electron chi connectivity index (χ1n) is 15.3. The van der Waals surface area contributed by atoms with Crippen molar-refractivity contribution in [2.24, 2.45) is 5.41 Å². The number of hydrogen-bond donors (Lipinski definition) is 0. The van der Waals surface area contributed by atoms with Crippen LogP contribution in [0.5, 0.6) is 5.75 Å². The topological polar surface area (TPSA) is 105 Å². The van der Waals surface area contributed by atoms with Crippen LogP contribution in [0.4, 0.5) is 5.82 Å². The number of ether oxygens (including phenoxy) is 1. The van der Waals surface area contributed by atoms with E-state index in [1.54, 1.807) is 25.5 Å². The standard InChI is InChI=1S/C34H38N6O4/c1-26-31(37-25-44-26)33(42)39-18-13-34(14-19-39)12-7-17-38(30-22-35-15-16-36-30)20-21-40(23-27-8-3-2-4-9-27)32(41)28-10-5-6-11-29(28)43-24-34/h2-6,8-11,15-16,22,25H,7,12-14,17-21,23-24H2,1H3. The summed E-state index contributed by atoms with van der Waals surface area (Å²) < 4.78 is 11.8. The number of likely N-dealkylation sites (tertiary alicyclic amines) is 1. The van der Waals surface area contributed by atoms with E-state index >= 15 is 0 Å². The molecule has 1 saturated heterocycles. The van der Waals surface area contributed by atoms with Gasteiger partial charge in [0.05, 0.1) is 18.4 Å². The number of oxazole rings is 1. The molecule has 44 heavy (non-hydrogen) atoms. The number of nitrogens with zero attached hydrogens (tertiary/aromatic N) is 6. The molecule has 0 atom stereocenters. The summed E-state index contributed by atoms with van der Waals surface area (Å²) in [5, 5.41) is 0. The molecular formula is C34H38N6O4. The molecule has 0 bridgehead atoms. The molecule has 2 amide bonds. The maximum Gasteiger partial charge on any atom is 0.276 e. The zero-order chi connectivity index (χ0) is 30.4. The number of anilines is 1. The SMILES string of the molecule is Cc1ocnc1C(=O)N1CCC2(CCCN(c3cnccn3)CCN(Cc3ccccc3)C(=O)c3ccccc3OC2)CC1. The Bertz CT molecular complexity index is 1550. The van der Waals surface area contributed by atoms with E-state index in [4.69, 9.17) is 9.15 Å². The monoisotopic (exact) mass is 594 g/mol. The van der Waals surface area contributed by atoms with Crippen molar-refractivity contribution in [3.63, 3.8) is 0 Å². The van der Waals surface area contributed by atoms with Crippen LogP contribution in [0.15, 0.2) is 84.0 Å². The van der Waals surface area contributed by atoms with Crippen molar-refractivity contribution in [3.8, 4) is 5.75 Å². The summed E-state index contributed by atoms with van der Waals surface area (Å²) in [6.45, 7) is 5.82. The molecule has 2 aromatic carbocycles. The number of piperidine rings is 1. The number of benzene rings is 2. The lowest BCUT2D eigenvalue weighted by atomic mass is 9.75. The number of para-hydroxylation sites is 1. The highest BCUT2D eigenvalue weighted by atomic mass is 16.5. The molecule has 4 aromatic rings. The fourth-order valence-corrected chi connectivity index (χ4v) is 6.22. The van der Waals surface area contributed by atoms with Crippen LogP contribution in [0.2, 0.25) is 0 Å². The van der Waals surface area contributed by atoms with E-state index in [0.29, 0.717) is 62.1 Å². The number of hydrogen-bond acceptors (Lipinski definition) is 8. The van der Waals surface area contributed by atoms with Crippen LogP contribution in [0.25, 0.3) is 0 Å². The van der Waals surface area contributed by atoms with E-state index in [2.05, 4.69) is 19.9 Å². The van der Waals surface area contributed by atoms with Gasteiger partial charge in [-0.2, -0.15) is 0 Å². The molecule has 10 nitrogen and oxygen atoms in total. The molecule has 0 unspecified atom stereocenters. The summed E-state index contributed by atoms with van der Waals surface area (Å²) in [5.41, 5.74) is 1.84. The molecule has 2 aliphatic heterocycles. The second-order valence-corrected chi connectivity index (χ2v) is 11.7. The maximum atomic E-state index is 14.2.